The van der Waals surface area contributed by atoms with Crippen LogP contribution in [0, 0.1) is 0 Å². The van der Waals surface area contributed by atoms with Crippen LogP contribution in [0.1, 0.15) is 56.1 Å². The molecule has 3 rings (SSSR count). The average Bonchev–Trinajstić information content (AvgIpc) is 3.24. The zero-order chi connectivity index (χ0) is 30.8. The summed E-state index contributed by atoms with van der Waals surface area (Å²) < 4.78 is 73.5. The highest BCUT2D eigenvalue weighted by atomic mass is 35.5. The molecule has 15 heteroatoms. The molecule has 2 aromatic carbocycles. The molecule has 222 valence electrons. The molecular weight excluding hydrogens is 610 g/mol. The van der Waals surface area contributed by atoms with Crippen molar-refractivity contribution in [3.05, 3.63) is 69.7 Å². The Hall–Kier alpha value is -3.29. The quantitative estimate of drug-likeness (QED) is 0.170. The second-order valence-corrected chi connectivity index (χ2v) is 12.3. The number of alkyl halides is 3. The molecule has 9 nitrogen and oxygen atoms in total. The van der Waals surface area contributed by atoms with Gasteiger partial charge in [-0.25, -0.2) is 4.68 Å². The van der Waals surface area contributed by atoms with E-state index in [0.29, 0.717) is 11.1 Å². The van der Waals surface area contributed by atoms with Crippen LogP contribution in [0.15, 0.2) is 48.5 Å². The molecule has 0 fully saturated rings. The van der Waals surface area contributed by atoms with Crippen LogP contribution in [0.5, 0.6) is 5.88 Å². The number of halogens is 5. The molecule has 41 heavy (non-hydrogen) atoms. The molecule has 1 aromatic heterocycles. The van der Waals surface area contributed by atoms with Gasteiger partial charge in [-0.3, -0.25) is 9.59 Å². The molecule has 1 N–H and O–H groups in total. The smallest absolute Gasteiger partial charge is 0.460 e. The van der Waals surface area contributed by atoms with Crippen molar-refractivity contribution >= 4 is 45.2 Å². The van der Waals surface area contributed by atoms with Gasteiger partial charge in [-0.05, 0) is 63.6 Å². The minimum Gasteiger partial charge on any atom is -0.460 e. The summed E-state index contributed by atoms with van der Waals surface area (Å²) in [5.41, 5.74) is -5.26. The Morgan fingerprint density at radius 3 is 2.15 bits per heavy atom. The van der Waals surface area contributed by atoms with Crippen LogP contribution >= 0.6 is 23.2 Å². The third kappa shape index (κ3) is 8.60. The lowest BCUT2D eigenvalue weighted by Crippen LogP contribution is -2.29. The Kier molecular flexibility index (Phi) is 9.66. The summed E-state index contributed by atoms with van der Waals surface area (Å²) in [6, 6.07) is 10.5. The standard InChI is InChI=1S/C26H26Cl2F3N3O6S/c1-15(16-5-7-17(8-6-16)24(36)32-10-9-23(35)39-25(2,3)4)34-22(40-41(37,38)26(29,30)31)14-21(33-34)18-11-19(27)13-20(28)12-18/h5-8,11-15H,9-10H2,1-4H3,(H,32,36)/t15-/m1/s1. The summed E-state index contributed by atoms with van der Waals surface area (Å²) in [5.74, 6) is -1.64. The molecule has 1 amide bonds. The van der Waals surface area contributed by atoms with Gasteiger partial charge in [0.2, 0.25) is 5.88 Å². The van der Waals surface area contributed by atoms with Gasteiger partial charge in [0.05, 0.1) is 18.2 Å². The Labute approximate surface area is 244 Å². The third-order valence-electron chi connectivity index (χ3n) is 5.40. The minimum atomic E-state index is -6.02. The number of ether oxygens (including phenoxy) is 1. The summed E-state index contributed by atoms with van der Waals surface area (Å²) in [6.07, 6.45) is -0.0266. The van der Waals surface area contributed by atoms with E-state index in [-0.39, 0.29) is 34.3 Å². The normalized spacial score (nSPS) is 13.0. The van der Waals surface area contributed by atoms with E-state index >= 15 is 0 Å². The predicted octanol–water partition coefficient (Wildman–Crippen LogP) is 6.16. The highest BCUT2D eigenvalue weighted by Crippen LogP contribution is 2.34. The number of hydrogen-bond acceptors (Lipinski definition) is 7. The van der Waals surface area contributed by atoms with Crippen molar-refractivity contribution < 1.29 is 40.1 Å². The largest absolute Gasteiger partial charge is 0.534 e. The van der Waals surface area contributed by atoms with Gasteiger partial charge >= 0.3 is 21.6 Å². The highest BCUT2D eigenvalue weighted by molar-refractivity contribution is 7.87. The summed E-state index contributed by atoms with van der Waals surface area (Å²) in [6.45, 7) is 6.78. The van der Waals surface area contributed by atoms with Gasteiger partial charge in [-0.1, -0.05) is 35.3 Å². The zero-order valence-electron chi connectivity index (χ0n) is 22.3. The van der Waals surface area contributed by atoms with Crippen molar-refractivity contribution in [3.63, 3.8) is 0 Å². The number of carbonyl (C=O) groups is 2. The van der Waals surface area contributed by atoms with Gasteiger partial charge in [-0.2, -0.15) is 26.7 Å². The number of amides is 1. The first-order valence-electron chi connectivity index (χ1n) is 12.0. The first-order chi connectivity index (χ1) is 18.9. The minimum absolute atomic E-state index is 0.0266. The maximum Gasteiger partial charge on any atom is 0.534 e. The zero-order valence-corrected chi connectivity index (χ0v) is 24.6. The molecule has 1 atom stereocenters. The molecular formula is C26H26Cl2F3N3O6S. The molecule has 0 unspecified atom stereocenters. The van der Waals surface area contributed by atoms with E-state index in [9.17, 15) is 31.2 Å². The number of aromatic nitrogens is 2. The van der Waals surface area contributed by atoms with Crippen LogP contribution in [0.25, 0.3) is 11.3 Å². The van der Waals surface area contributed by atoms with Crippen molar-refractivity contribution in [2.45, 2.75) is 51.3 Å². The van der Waals surface area contributed by atoms with Crippen molar-refractivity contribution in [3.8, 4) is 17.1 Å². The van der Waals surface area contributed by atoms with E-state index in [4.69, 9.17) is 27.9 Å². The fraction of sp³-hybridized carbons (Fsp3) is 0.346. The van der Waals surface area contributed by atoms with E-state index in [1.807, 2.05) is 0 Å². The van der Waals surface area contributed by atoms with Crippen LogP contribution in [-0.4, -0.2) is 47.7 Å². The molecule has 0 spiro atoms. The topological polar surface area (TPSA) is 117 Å². The number of rotatable bonds is 9. The van der Waals surface area contributed by atoms with E-state index in [1.165, 1.54) is 42.5 Å². The molecule has 0 aliphatic carbocycles. The number of esters is 1. The number of nitrogens with one attached hydrogen (secondary N) is 1. The molecule has 0 radical (unpaired) electrons. The van der Waals surface area contributed by atoms with Crippen LogP contribution in [-0.2, 0) is 19.6 Å². The van der Waals surface area contributed by atoms with Crippen molar-refractivity contribution in [1.29, 1.82) is 0 Å². The summed E-state index contributed by atoms with van der Waals surface area (Å²) in [7, 11) is -6.02. The van der Waals surface area contributed by atoms with E-state index in [1.54, 1.807) is 27.7 Å². The fourth-order valence-corrected chi connectivity index (χ4v) is 4.52. The second-order valence-electron chi connectivity index (χ2n) is 9.84. The lowest BCUT2D eigenvalue weighted by molar-refractivity contribution is -0.154. The number of benzene rings is 2. The van der Waals surface area contributed by atoms with Gasteiger partial charge in [0, 0.05) is 33.8 Å². The van der Waals surface area contributed by atoms with Gasteiger partial charge in [0.15, 0.2) is 0 Å². The van der Waals surface area contributed by atoms with E-state index in [0.717, 1.165) is 10.7 Å². The van der Waals surface area contributed by atoms with Crippen molar-refractivity contribution in [2.75, 3.05) is 6.54 Å². The maximum absolute atomic E-state index is 13.1. The Balaban J connectivity index is 1.85. The monoisotopic (exact) mass is 635 g/mol. The van der Waals surface area contributed by atoms with Crippen LogP contribution in [0.3, 0.4) is 0 Å². The Morgan fingerprint density at radius 2 is 1.61 bits per heavy atom. The summed E-state index contributed by atoms with van der Waals surface area (Å²) in [4.78, 5) is 24.3. The maximum atomic E-state index is 13.1. The third-order valence-corrected chi connectivity index (χ3v) is 6.79. The van der Waals surface area contributed by atoms with Crippen LogP contribution in [0.4, 0.5) is 13.2 Å². The van der Waals surface area contributed by atoms with Gasteiger partial charge in [0.25, 0.3) is 5.91 Å². The molecule has 0 saturated carbocycles. The first-order valence-corrected chi connectivity index (χ1v) is 14.2. The molecule has 0 bridgehead atoms. The van der Waals surface area contributed by atoms with E-state index < -0.39 is 45.0 Å². The molecule has 1 heterocycles. The first kappa shape index (κ1) is 32.2. The van der Waals surface area contributed by atoms with Crippen LogP contribution < -0.4 is 9.50 Å². The summed E-state index contributed by atoms with van der Waals surface area (Å²) in [5, 5.41) is 7.31. The number of carbonyl (C=O) groups excluding carboxylic acids is 2. The van der Waals surface area contributed by atoms with Gasteiger partial charge < -0.3 is 14.2 Å². The Morgan fingerprint density at radius 1 is 1.02 bits per heavy atom. The van der Waals surface area contributed by atoms with Gasteiger partial charge in [0.1, 0.15) is 5.60 Å². The van der Waals surface area contributed by atoms with Crippen molar-refractivity contribution in [2.24, 2.45) is 0 Å². The highest BCUT2D eigenvalue weighted by Gasteiger charge is 2.49. The number of hydrogen-bond donors (Lipinski definition) is 1. The van der Waals surface area contributed by atoms with Gasteiger partial charge in [-0.15, -0.1) is 0 Å². The SMILES string of the molecule is C[C@H](c1ccc(C(=O)NCCC(=O)OC(C)(C)C)cc1)n1nc(-c2cc(Cl)cc(Cl)c2)cc1OS(=O)(=O)C(F)(F)F. The fourth-order valence-electron chi connectivity index (χ4n) is 3.55. The summed E-state index contributed by atoms with van der Waals surface area (Å²) >= 11 is 12.1. The molecule has 0 aliphatic heterocycles. The second kappa shape index (κ2) is 12.3. The van der Waals surface area contributed by atoms with Crippen molar-refractivity contribution in [1.82, 2.24) is 15.1 Å². The molecule has 0 saturated heterocycles. The van der Waals surface area contributed by atoms with E-state index in [2.05, 4.69) is 14.6 Å². The average molecular weight is 636 g/mol. The Bertz CT molecular complexity index is 1510. The number of nitrogens with zero attached hydrogens (tertiary/aromatic N) is 2. The lowest BCUT2D eigenvalue weighted by atomic mass is 10.1. The lowest BCUT2D eigenvalue weighted by Gasteiger charge is -2.19. The predicted molar refractivity (Wildman–Crippen MR) is 146 cm³/mol. The molecule has 3 aromatic rings. The van der Waals surface area contributed by atoms with Crippen LogP contribution in [0.2, 0.25) is 10.0 Å². The molecule has 0 aliphatic rings.